The Hall–Kier alpha value is -1.50. The second-order valence-electron chi connectivity index (χ2n) is 5.81. The molecule has 2 amide bonds. The Bertz CT molecular complexity index is 358. The van der Waals surface area contributed by atoms with Crippen molar-refractivity contribution in [2.45, 2.75) is 19.8 Å². The van der Waals surface area contributed by atoms with Gasteiger partial charge >= 0.3 is 6.03 Å². The molecule has 2 saturated heterocycles. The lowest BCUT2D eigenvalue weighted by Gasteiger charge is -2.39. The topological polar surface area (TPSA) is 85.4 Å². The number of hydrogen-bond donors (Lipinski definition) is 2. The number of piperazine rings is 1. The number of nitrogens with zero attached hydrogens (tertiary/aromatic N) is 4. The van der Waals surface area contributed by atoms with Crippen LogP contribution >= 0.6 is 0 Å². The van der Waals surface area contributed by atoms with Crippen LogP contribution in [0.25, 0.3) is 0 Å². The average molecular weight is 283 g/mol. The molecule has 0 atom stereocenters. The minimum Gasteiger partial charge on any atom is -0.409 e. The van der Waals surface area contributed by atoms with Crippen LogP contribution in [0.4, 0.5) is 4.79 Å². The third-order valence-corrected chi connectivity index (χ3v) is 4.21. The molecule has 0 radical (unpaired) electrons. The molecule has 0 aromatic rings. The molecule has 2 heterocycles. The number of likely N-dealkylation sites (tertiary alicyclic amines) is 1. The number of rotatable bonds is 2. The van der Waals surface area contributed by atoms with E-state index in [0.717, 1.165) is 44.9 Å². The van der Waals surface area contributed by atoms with E-state index in [0.29, 0.717) is 19.6 Å². The summed E-state index contributed by atoms with van der Waals surface area (Å²) in [4.78, 5) is 18.4. The van der Waals surface area contributed by atoms with E-state index in [1.807, 2.05) is 9.80 Å². The first-order valence-electron chi connectivity index (χ1n) is 7.32. The van der Waals surface area contributed by atoms with Gasteiger partial charge in [-0.3, -0.25) is 4.90 Å². The van der Waals surface area contributed by atoms with Crippen LogP contribution in [0.15, 0.2) is 5.16 Å². The predicted octanol–water partition coefficient (Wildman–Crippen LogP) is 0.202. The van der Waals surface area contributed by atoms with Crippen LogP contribution in [0.1, 0.15) is 19.8 Å². The second-order valence-corrected chi connectivity index (χ2v) is 5.81. The summed E-state index contributed by atoms with van der Waals surface area (Å²) < 4.78 is 0. The molecule has 2 aliphatic rings. The summed E-state index contributed by atoms with van der Waals surface area (Å²) in [6.45, 7) is 7.42. The molecule has 0 aliphatic carbocycles. The van der Waals surface area contributed by atoms with E-state index >= 15 is 0 Å². The van der Waals surface area contributed by atoms with Gasteiger partial charge in [0.1, 0.15) is 0 Å². The van der Waals surface area contributed by atoms with Crippen LogP contribution in [0, 0.1) is 5.92 Å². The zero-order valence-corrected chi connectivity index (χ0v) is 12.2. The quantitative estimate of drug-likeness (QED) is 0.328. The van der Waals surface area contributed by atoms with E-state index in [2.05, 4.69) is 17.0 Å². The standard InChI is InChI=1S/C13H25N5O2/c1-11-2-4-17(5-3-11)13(19)18-8-6-16(7-9-18)10-12(14)15-20/h11,20H,2-10H2,1H3,(H2,14,15). The lowest BCUT2D eigenvalue weighted by Crippen LogP contribution is -2.55. The first kappa shape index (κ1) is 14.9. The van der Waals surface area contributed by atoms with Gasteiger partial charge in [-0.25, -0.2) is 4.79 Å². The number of oxime groups is 1. The number of amidine groups is 1. The van der Waals surface area contributed by atoms with Gasteiger partial charge in [0.15, 0.2) is 5.84 Å². The van der Waals surface area contributed by atoms with E-state index in [1.165, 1.54) is 0 Å². The summed E-state index contributed by atoms with van der Waals surface area (Å²) in [5.74, 6) is 0.950. The van der Waals surface area contributed by atoms with Crippen LogP contribution in [0.2, 0.25) is 0 Å². The molecule has 0 unspecified atom stereocenters. The Morgan fingerprint density at radius 1 is 1.15 bits per heavy atom. The highest BCUT2D eigenvalue weighted by molar-refractivity contribution is 5.81. The van der Waals surface area contributed by atoms with Crippen molar-refractivity contribution in [3.8, 4) is 0 Å². The lowest BCUT2D eigenvalue weighted by molar-refractivity contribution is 0.107. The van der Waals surface area contributed by atoms with Gasteiger partial charge in [-0.1, -0.05) is 12.1 Å². The minimum atomic E-state index is 0.167. The number of hydrogen-bond acceptors (Lipinski definition) is 4. The highest BCUT2D eigenvalue weighted by Crippen LogP contribution is 2.17. The smallest absolute Gasteiger partial charge is 0.320 e. The van der Waals surface area contributed by atoms with Gasteiger partial charge in [-0.05, 0) is 18.8 Å². The Morgan fingerprint density at radius 3 is 2.25 bits per heavy atom. The normalized spacial score (nSPS) is 23.1. The van der Waals surface area contributed by atoms with Crippen molar-refractivity contribution in [1.82, 2.24) is 14.7 Å². The van der Waals surface area contributed by atoms with Gasteiger partial charge in [0.25, 0.3) is 0 Å². The van der Waals surface area contributed by atoms with E-state index in [4.69, 9.17) is 10.9 Å². The number of amides is 2. The summed E-state index contributed by atoms with van der Waals surface area (Å²) in [5, 5.41) is 11.5. The maximum absolute atomic E-state index is 12.4. The van der Waals surface area contributed by atoms with Crippen LogP contribution in [0.5, 0.6) is 0 Å². The molecular weight excluding hydrogens is 258 g/mol. The highest BCUT2D eigenvalue weighted by Gasteiger charge is 2.27. The molecule has 20 heavy (non-hydrogen) atoms. The summed E-state index contributed by atoms with van der Waals surface area (Å²) in [5.41, 5.74) is 5.50. The molecule has 2 rings (SSSR count). The Morgan fingerprint density at radius 2 is 1.70 bits per heavy atom. The number of urea groups is 1. The molecule has 0 spiro atoms. The van der Waals surface area contributed by atoms with Crippen LogP contribution in [0.3, 0.4) is 0 Å². The van der Waals surface area contributed by atoms with Crippen molar-refractivity contribution < 1.29 is 10.0 Å². The van der Waals surface area contributed by atoms with Gasteiger partial charge in [0.05, 0.1) is 6.54 Å². The minimum absolute atomic E-state index is 0.167. The van der Waals surface area contributed by atoms with E-state index in [1.54, 1.807) is 0 Å². The number of nitrogens with two attached hydrogens (primary N) is 1. The van der Waals surface area contributed by atoms with Crippen molar-refractivity contribution in [2.75, 3.05) is 45.8 Å². The fraction of sp³-hybridized carbons (Fsp3) is 0.846. The maximum Gasteiger partial charge on any atom is 0.320 e. The molecular formula is C13H25N5O2. The monoisotopic (exact) mass is 283 g/mol. The Kier molecular flexibility index (Phi) is 5.05. The van der Waals surface area contributed by atoms with Gasteiger partial charge in [0.2, 0.25) is 0 Å². The fourth-order valence-corrected chi connectivity index (χ4v) is 2.76. The highest BCUT2D eigenvalue weighted by atomic mass is 16.4. The predicted molar refractivity (Wildman–Crippen MR) is 76.8 cm³/mol. The number of carbonyl (C=O) groups excluding carboxylic acids is 1. The zero-order valence-electron chi connectivity index (χ0n) is 12.2. The van der Waals surface area contributed by atoms with Gasteiger partial charge in [-0.2, -0.15) is 0 Å². The van der Waals surface area contributed by atoms with Crippen molar-refractivity contribution >= 4 is 11.9 Å². The van der Waals surface area contributed by atoms with Gasteiger partial charge in [-0.15, -0.1) is 0 Å². The lowest BCUT2D eigenvalue weighted by atomic mass is 9.99. The van der Waals surface area contributed by atoms with E-state index < -0.39 is 0 Å². The van der Waals surface area contributed by atoms with E-state index in [9.17, 15) is 4.79 Å². The Labute approximate surface area is 120 Å². The molecule has 0 aromatic heterocycles. The van der Waals surface area contributed by atoms with Crippen molar-refractivity contribution in [2.24, 2.45) is 16.8 Å². The molecule has 3 N–H and O–H groups in total. The molecule has 114 valence electrons. The molecule has 2 fully saturated rings. The second kappa shape index (κ2) is 6.78. The molecule has 7 heteroatoms. The molecule has 2 aliphatic heterocycles. The molecule has 0 bridgehead atoms. The summed E-state index contributed by atoms with van der Waals surface area (Å²) in [6, 6.07) is 0.167. The fourth-order valence-electron chi connectivity index (χ4n) is 2.76. The summed E-state index contributed by atoms with van der Waals surface area (Å²) in [7, 11) is 0. The van der Waals surface area contributed by atoms with Gasteiger partial charge in [0, 0.05) is 39.3 Å². The molecule has 0 saturated carbocycles. The zero-order chi connectivity index (χ0) is 14.5. The summed E-state index contributed by atoms with van der Waals surface area (Å²) in [6.07, 6.45) is 2.21. The maximum atomic E-state index is 12.4. The largest absolute Gasteiger partial charge is 0.409 e. The molecule has 0 aromatic carbocycles. The van der Waals surface area contributed by atoms with Crippen LogP contribution in [-0.2, 0) is 0 Å². The molecule has 7 nitrogen and oxygen atoms in total. The first-order valence-corrected chi connectivity index (χ1v) is 7.32. The summed E-state index contributed by atoms with van der Waals surface area (Å²) >= 11 is 0. The number of carbonyl (C=O) groups is 1. The number of piperidine rings is 1. The first-order chi connectivity index (χ1) is 9.60. The SMILES string of the molecule is CC1CCN(C(=O)N2CCN(CC(N)=NO)CC2)CC1. The van der Waals surface area contributed by atoms with Crippen LogP contribution in [-0.4, -0.2) is 77.6 Å². The third-order valence-electron chi connectivity index (χ3n) is 4.21. The van der Waals surface area contributed by atoms with Crippen molar-refractivity contribution in [3.63, 3.8) is 0 Å². The van der Waals surface area contributed by atoms with Crippen molar-refractivity contribution in [3.05, 3.63) is 0 Å². The van der Waals surface area contributed by atoms with Crippen LogP contribution < -0.4 is 5.73 Å². The van der Waals surface area contributed by atoms with E-state index in [-0.39, 0.29) is 11.9 Å². The Balaban J connectivity index is 1.77. The van der Waals surface area contributed by atoms with Gasteiger partial charge < -0.3 is 20.7 Å². The van der Waals surface area contributed by atoms with Crippen molar-refractivity contribution in [1.29, 1.82) is 0 Å². The average Bonchev–Trinajstić information content (AvgIpc) is 2.48. The third kappa shape index (κ3) is 3.75.